The van der Waals surface area contributed by atoms with Crippen LogP contribution in [0, 0.1) is 5.92 Å². The first-order chi connectivity index (χ1) is 18.5. The zero-order valence-corrected chi connectivity index (χ0v) is 22.0. The minimum absolute atomic E-state index is 0.104. The molecule has 9 heteroatoms. The Labute approximate surface area is 222 Å². The number of piperazine rings is 1. The third-order valence-electron chi connectivity index (χ3n) is 9.20. The fourth-order valence-corrected chi connectivity index (χ4v) is 6.86. The number of aromatic nitrogens is 3. The summed E-state index contributed by atoms with van der Waals surface area (Å²) in [5.74, 6) is 2.14. The number of amides is 1. The maximum absolute atomic E-state index is 12.1. The first-order valence-electron chi connectivity index (χ1n) is 13.9. The molecule has 5 heterocycles. The number of hydrogen-bond acceptors (Lipinski definition) is 7. The van der Waals surface area contributed by atoms with Crippen molar-refractivity contribution >= 4 is 22.8 Å². The van der Waals surface area contributed by atoms with Crippen molar-refractivity contribution in [1.82, 2.24) is 24.3 Å². The standard InChI is InChI=1S/C29H36N6O3/c1-33-9-10-34(16-25(33)36)14-19-11-21(12-19)35-15-24(26-27(30)31-18-32-28(26)35)20-3-2-4-23(13-20)37-17-29-7-5-22(38-29)6-8-29/h2-4,13,15,18-19,21-22H,5-12,14,16-17H2,1H3,(H2,30,31,32). The smallest absolute Gasteiger partial charge is 0.236 e. The van der Waals surface area contributed by atoms with Crippen molar-refractivity contribution in [3.05, 3.63) is 36.8 Å². The largest absolute Gasteiger partial charge is 0.491 e. The number of anilines is 1. The fourth-order valence-electron chi connectivity index (χ4n) is 6.86. The van der Waals surface area contributed by atoms with Crippen LogP contribution in [0.25, 0.3) is 22.2 Å². The molecule has 1 saturated carbocycles. The van der Waals surface area contributed by atoms with Crippen LogP contribution in [0.1, 0.15) is 44.6 Å². The van der Waals surface area contributed by atoms with Crippen molar-refractivity contribution in [2.24, 2.45) is 5.92 Å². The van der Waals surface area contributed by atoms with Gasteiger partial charge in [0.15, 0.2) is 0 Å². The fraction of sp³-hybridized carbons (Fsp3) is 0.552. The van der Waals surface area contributed by atoms with E-state index >= 15 is 0 Å². The Balaban J connectivity index is 1.09. The van der Waals surface area contributed by atoms with Crippen molar-refractivity contribution in [3.63, 3.8) is 0 Å². The molecule has 3 saturated heterocycles. The molecule has 0 unspecified atom stereocenters. The van der Waals surface area contributed by atoms with Gasteiger partial charge in [-0.15, -0.1) is 0 Å². The highest BCUT2D eigenvalue weighted by Gasteiger charge is 2.46. The van der Waals surface area contributed by atoms with Gasteiger partial charge in [0.05, 0.1) is 18.0 Å². The molecular weight excluding hydrogens is 480 g/mol. The maximum atomic E-state index is 12.1. The number of rotatable bonds is 7. The van der Waals surface area contributed by atoms with Gasteiger partial charge >= 0.3 is 0 Å². The Kier molecular flexibility index (Phi) is 5.81. The minimum atomic E-state index is -0.104. The predicted molar refractivity (Wildman–Crippen MR) is 145 cm³/mol. The Hall–Kier alpha value is -3.17. The van der Waals surface area contributed by atoms with Gasteiger partial charge in [0.1, 0.15) is 35.7 Å². The molecule has 3 aromatic rings. The molecule has 0 spiro atoms. The van der Waals surface area contributed by atoms with Crippen LogP contribution in [0.5, 0.6) is 5.75 Å². The van der Waals surface area contributed by atoms with Gasteiger partial charge in [0.2, 0.25) is 5.91 Å². The second-order valence-electron chi connectivity index (χ2n) is 11.8. The highest BCUT2D eigenvalue weighted by atomic mass is 16.6. The summed E-state index contributed by atoms with van der Waals surface area (Å²) in [6.45, 7) is 3.88. The molecule has 7 rings (SSSR count). The molecule has 4 aliphatic rings. The minimum Gasteiger partial charge on any atom is -0.491 e. The van der Waals surface area contributed by atoms with Crippen LogP contribution < -0.4 is 10.5 Å². The molecule has 2 bridgehead atoms. The van der Waals surface area contributed by atoms with Crippen molar-refractivity contribution in [2.45, 2.75) is 56.3 Å². The number of ether oxygens (including phenoxy) is 2. The Bertz CT molecular complexity index is 1360. The molecule has 4 fully saturated rings. The summed E-state index contributed by atoms with van der Waals surface area (Å²) in [7, 11) is 1.89. The molecule has 2 N–H and O–H groups in total. The molecule has 2 aromatic heterocycles. The van der Waals surface area contributed by atoms with Crippen LogP contribution in [0.2, 0.25) is 0 Å². The highest BCUT2D eigenvalue weighted by Crippen LogP contribution is 2.45. The lowest BCUT2D eigenvalue weighted by Gasteiger charge is -2.41. The lowest BCUT2D eigenvalue weighted by Crippen LogP contribution is -2.50. The van der Waals surface area contributed by atoms with E-state index in [9.17, 15) is 4.79 Å². The van der Waals surface area contributed by atoms with Gasteiger partial charge in [-0.25, -0.2) is 9.97 Å². The third kappa shape index (κ3) is 4.22. The van der Waals surface area contributed by atoms with E-state index in [-0.39, 0.29) is 11.5 Å². The van der Waals surface area contributed by atoms with Gasteiger partial charge in [0.25, 0.3) is 0 Å². The molecule has 1 aromatic carbocycles. The van der Waals surface area contributed by atoms with E-state index < -0.39 is 0 Å². The van der Waals surface area contributed by atoms with E-state index in [0.29, 0.717) is 37.0 Å². The summed E-state index contributed by atoms with van der Waals surface area (Å²) in [6, 6.07) is 8.61. The monoisotopic (exact) mass is 516 g/mol. The molecule has 1 amide bonds. The van der Waals surface area contributed by atoms with Gasteiger partial charge in [-0.05, 0) is 62.1 Å². The maximum Gasteiger partial charge on any atom is 0.236 e. The van der Waals surface area contributed by atoms with Crippen molar-refractivity contribution in [3.8, 4) is 16.9 Å². The van der Waals surface area contributed by atoms with E-state index in [1.165, 1.54) is 0 Å². The summed E-state index contributed by atoms with van der Waals surface area (Å²) >= 11 is 0. The Morgan fingerprint density at radius 3 is 2.79 bits per heavy atom. The number of likely N-dealkylation sites (N-methyl/N-ethyl adjacent to an activating group) is 1. The first kappa shape index (κ1) is 23.9. The van der Waals surface area contributed by atoms with Crippen molar-refractivity contribution in [2.75, 3.05) is 45.6 Å². The van der Waals surface area contributed by atoms with Gasteiger partial charge in [-0.2, -0.15) is 0 Å². The number of carbonyl (C=O) groups is 1. The first-order valence-corrected chi connectivity index (χ1v) is 13.9. The zero-order valence-electron chi connectivity index (χ0n) is 22.0. The Morgan fingerprint density at radius 2 is 2.03 bits per heavy atom. The number of hydrogen-bond donors (Lipinski definition) is 1. The van der Waals surface area contributed by atoms with Crippen molar-refractivity contribution in [1.29, 1.82) is 0 Å². The summed E-state index contributed by atoms with van der Waals surface area (Å²) in [5, 5.41) is 0.897. The second kappa shape index (κ2) is 9.24. The number of fused-ring (bicyclic) bond motifs is 3. The Morgan fingerprint density at radius 1 is 1.18 bits per heavy atom. The predicted octanol–water partition coefficient (Wildman–Crippen LogP) is 3.50. The molecule has 1 aliphatic carbocycles. The lowest BCUT2D eigenvalue weighted by molar-refractivity contribution is -0.134. The molecular formula is C29H36N6O3. The number of nitrogen functional groups attached to an aromatic ring is 1. The quantitative estimate of drug-likeness (QED) is 0.513. The summed E-state index contributed by atoms with van der Waals surface area (Å²) < 4.78 is 14.8. The second-order valence-corrected chi connectivity index (χ2v) is 11.8. The van der Waals surface area contributed by atoms with Crippen molar-refractivity contribution < 1.29 is 14.3 Å². The van der Waals surface area contributed by atoms with Crippen LogP contribution in [0.4, 0.5) is 5.82 Å². The van der Waals surface area contributed by atoms with E-state index in [1.54, 1.807) is 6.33 Å². The van der Waals surface area contributed by atoms with Crippen LogP contribution in [-0.4, -0.2) is 81.8 Å². The van der Waals surface area contributed by atoms with Gasteiger partial charge in [-0.3, -0.25) is 9.69 Å². The zero-order chi connectivity index (χ0) is 25.9. The highest BCUT2D eigenvalue weighted by molar-refractivity contribution is 6.00. The van der Waals surface area contributed by atoms with Gasteiger partial charge in [-0.1, -0.05) is 12.1 Å². The topological polar surface area (TPSA) is 98.7 Å². The van der Waals surface area contributed by atoms with Gasteiger partial charge in [0, 0.05) is 44.5 Å². The molecule has 9 nitrogen and oxygen atoms in total. The third-order valence-corrected chi connectivity index (χ3v) is 9.20. The molecule has 3 aliphatic heterocycles. The van der Waals surface area contributed by atoms with E-state index in [4.69, 9.17) is 15.2 Å². The van der Waals surface area contributed by atoms with E-state index in [2.05, 4.69) is 37.8 Å². The summed E-state index contributed by atoms with van der Waals surface area (Å²) in [4.78, 5) is 25.2. The van der Waals surface area contributed by atoms with E-state index in [0.717, 1.165) is 86.1 Å². The summed E-state index contributed by atoms with van der Waals surface area (Å²) in [6.07, 6.45) is 10.8. The number of nitrogens with two attached hydrogens (primary N) is 1. The van der Waals surface area contributed by atoms with Crippen LogP contribution in [0.3, 0.4) is 0 Å². The molecule has 200 valence electrons. The molecule has 0 atom stereocenters. The number of carbonyl (C=O) groups excluding carboxylic acids is 1. The average Bonchev–Trinajstić information content (AvgIpc) is 3.61. The summed E-state index contributed by atoms with van der Waals surface area (Å²) in [5.41, 5.74) is 9.27. The number of nitrogens with zero attached hydrogens (tertiary/aromatic N) is 5. The van der Waals surface area contributed by atoms with Crippen LogP contribution >= 0.6 is 0 Å². The molecule has 0 radical (unpaired) electrons. The average molecular weight is 517 g/mol. The lowest BCUT2D eigenvalue weighted by atomic mass is 9.79. The normalized spacial score (nSPS) is 29.2. The molecule has 38 heavy (non-hydrogen) atoms. The van der Waals surface area contributed by atoms with Crippen LogP contribution in [-0.2, 0) is 9.53 Å². The van der Waals surface area contributed by atoms with Crippen LogP contribution in [0.15, 0.2) is 36.8 Å². The number of benzene rings is 1. The van der Waals surface area contributed by atoms with E-state index in [1.807, 2.05) is 24.1 Å². The van der Waals surface area contributed by atoms with Gasteiger partial charge < -0.3 is 24.7 Å². The SMILES string of the molecule is CN1CCN(CC2CC(n3cc(-c4cccc(OCC56CCC(CC5)O6)c4)c4c(N)ncnc43)C2)CC1=O.